The topological polar surface area (TPSA) is 81.8 Å². The smallest absolute Gasteiger partial charge is 0.322 e. The summed E-state index contributed by atoms with van der Waals surface area (Å²) in [5.41, 5.74) is 1.82. The number of nitrogens with one attached hydrogen (secondary N) is 2. The van der Waals surface area contributed by atoms with E-state index in [4.69, 9.17) is 0 Å². The molecule has 0 spiro atoms. The lowest BCUT2D eigenvalue weighted by molar-refractivity contribution is -0.139. The second-order valence-electron chi connectivity index (χ2n) is 8.38. The van der Waals surface area contributed by atoms with Crippen LogP contribution in [0.2, 0.25) is 0 Å². The fourth-order valence-corrected chi connectivity index (χ4v) is 4.79. The lowest BCUT2D eigenvalue weighted by Crippen LogP contribution is -2.56. The van der Waals surface area contributed by atoms with Gasteiger partial charge in [-0.3, -0.25) is 19.8 Å². The van der Waals surface area contributed by atoms with E-state index in [2.05, 4.69) is 39.8 Å². The van der Waals surface area contributed by atoms with Crippen LogP contribution in [0.5, 0.6) is 0 Å². The van der Waals surface area contributed by atoms with E-state index < -0.39 is 11.6 Å². The molecule has 0 bridgehead atoms. The number of nitrogens with zero attached hydrogens (tertiary/aromatic N) is 2. The second kappa shape index (κ2) is 7.20. The van der Waals surface area contributed by atoms with Gasteiger partial charge in [-0.1, -0.05) is 24.3 Å². The van der Waals surface area contributed by atoms with E-state index in [0.717, 1.165) is 19.5 Å². The summed E-state index contributed by atoms with van der Waals surface area (Å²) >= 11 is 0. The zero-order chi connectivity index (χ0) is 19.9. The van der Waals surface area contributed by atoms with Crippen molar-refractivity contribution in [1.29, 1.82) is 0 Å². The summed E-state index contributed by atoms with van der Waals surface area (Å²) < 4.78 is 0. The van der Waals surface area contributed by atoms with Gasteiger partial charge in [-0.25, -0.2) is 4.79 Å². The summed E-state index contributed by atoms with van der Waals surface area (Å²) in [5, 5.41) is 5.10. The lowest BCUT2D eigenvalue weighted by Gasteiger charge is -2.41. The Bertz CT molecular complexity index is 803. The predicted molar refractivity (Wildman–Crippen MR) is 104 cm³/mol. The van der Waals surface area contributed by atoms with Crippen molar-refractivity contribution in [2.24, 2.45) is 5.92 Å². The molecule has 0 unspecified atom stereocenters. The Labute approximate surface area is 165 Å². The highest BCUT2D eigenvalue weighted by Gasteiger charge is 2.49. The van der Waals surface area contributed by atoms with Crippen molar-refractivity contribution in [3.63, 3.8) is 0 Å². The molecule has 0 radical (unpaired) electrons. The first kappa shape index (κ1) is 18.9. The fourth-order valence-electron chi connectivity index (χ4n) is 4.79. The number of rotatable bonds is 3. The molecule has 2 saturated heterocycles. The molecule has 3 heterocycles. The molecule has 1 aromatic rings. The van der Waals surface area contributed by atoms with Gasteiger partial charge in [0.1, 0.15) is 5.54 Å². The number of urea groups is 1. The molecule has 3 aliphatic rings. The van der Waals surface area contributed by atoms with Gasteiger partial charge in [0.25, 0.3) is 5.91 Å². The quantitative estimate of drug-likeness (QED) is 0.769. The van der Waals surface area contributed by atoms with Crippen LogP contribution in [-0.4, -0.2) is 58.9 Å². The Morgan fingerprint density at radius 1 is 1.14 bits per heavy atom. The Morgan fingerprint density at radius 3 is 2.46 bits per heavy atom. The molecule has 0 aliphatic carbocycles. The molecular formula is C21H28N4O3. The van der Waals surface area contributed by atoms with Gasteiger partial charge in [0.05, 0.1) is 6.04 Å². The Kier molecular flexibility index (Phi) is 4.87. The Hall–Kier alpha value is -2.41. The van der Waals surface area contributed by atoms with Crippen molar-refractivity contribution < 1.29 is 14.4 Å². The van der Waals surface area contributed by atoms with Crippen molar-refractivity contribution in [3.8, 4) is 0 Å². The van der Waals surface area contributed by atoms with Crippen LogP contribution < -0.4 is 10.6 Å². The molecule has 4 rings (SSSR count). The van der Waals surface area contributed by atoms with Crippen LogP contribution in [0.25, 0.3) is 0 Å². The van der Waals surface area contributed by atoms with Crippen molar-refractivity contribution in [1.82, 2.24) is 20.4 Å². The molecule has 1 aromatic carbocycles. The van der Waals surface area contributed by atoms with E-state index in [-0.39, 0.29) is 23.8 Å². The van der Waals surface area contributed by atoms with Crippen LogP contribution in [0.3, 0.4) is 0 Å². The van der Waals surface area contributed by atoms with E-state index in [9.17, 15) is 14.4 Å². The number of hydrogen-bond donors (Lipinski definition) is 2. The van der Waals surface area contributed by atoms with Crippen LogP contribution >= 0.6 is 0 Å². The minimum atomic E-state index is -0.867. The van der Waals surface area contributed by atoms with E-state index in [1.54, 1.807) is 6.92 Å². The van der Waals surface area contributed by atoms with Crippen molar-refractivity contribution in [2.45, 2.75) is 51.2 Å². The minimum absolute atomic E-state index is 0.0418. The largest absolute Gasteiger partial charge is 0.341 e. The number of likely N-dealkylation sites (tertiary alicyclic amines) is 1. The number of amides is 4. The number of carbonyl (C=O) groups is 3. The molecule has 2 fully saturated rings. The van der Waals surface area contributed by atoms with Crippen molar-refractivity contribution in [3.05, 3.63) is 35.4 Å². The maximum Gasteiger partial charge on any atom is 0.322 e. The average Bonchev–Trinajstić information content (AvgIpc) is 2.99. The van der Waals surface area contributed by atoms with E-state index in [1.165, 1.54) is 11.1 Å². The van der Waals surface area contributed by atoms with Crippen molar-refractivity contribution in [2.75, 3.05) is 19.6 Å². The number of carbonyl (C=O) groups excluding carboxylic acids is 3. The molecule has 2 N–H and O–H groups in total. The van der Waals surface area contributed by atoms with Gasteiger partial charge in [-0.15, -0.1) is 0 Å². The minimum Gasteiger partial charge on any atom is -0.341 e. The van der Waals surface area contributed by atoms with Crippen molar-refractivity contribution >= 4 is 17.8 Å². The van der Waals surface area contributed by atoms with Gasteiger partial charge in [-0.2, -0.15) is 0 Å². The molecule has 4 amide bonds. The average molecular weight is 384 g/mol. The van der Waals surface area contributed by atoms with E-state index in [1.807, 2.05) is 11.8 Å². The van der Waals surface area contributed by atoms with Crippen LogP contribution in [0, 0.1) is 5.92 Å². The number of fused-ring (bicyclic) bond motifs is 1. The summed E-state index contributed by atoms with van der Waals surface area (Å²) in [6.07, 6.45) is 2.40. The highest BCUT2D eigenvalue weighted by molar-refractivity contribution is 6.07. The number of piperidine rings is 1. The summed E-state index contributed by atoms with van der Waals surface area (Å²) in [6, 6.07) is 7.85. The molecule has 0 saturated carbocycles. The van der Waals surface area contributed by atoms with Gasteiger partial charge < -0.3 is 10.2 Å². The standard InChI is InChI=1S/C21H28N4O3/c1-14(25-10-7-15-5-3-4-6-16(15)13-25)18(26)24-11-8-17(9-12-24)21(2)19(27)22-20(28)23-21/h3-6,14,17H,7-13H2,1-2H3,(H2,22,23,27,28)/t14-,21+/m1/s1. The zero-order valence-electron chi connectivity index (χ0n) is 16.5. The molecule has 28 heavy (non-hydrogen) atoms. The number of hydrogen-bond acceptors (Lipinski definition) is 4. The third-order valence-corrected chi connectivity index (χ3v) is 6.76. The Balaban J connectivity index is 1.35. The second-order valence-corrected chi connectivity index (χ2v) is 8.38. The first-order valence-corrected chi connectivity index (χ1v) is 10.1. The van der Waals surface area contributed by atoms with Crippen LogP contribution in [0.15, 0.2) is 24.3 Å². The van der Waals surface area contributed by atoms with Gasteiger partial charge in [0.2, 0.25) is 5.91 Å². The normalized spacial score (nSPS) is 27.1. The third kappa shape index (κ3) is 3.28. The molecule has 150 valence electrons. The van der Waals surface area contributed by atoms with Gasteiger partial charge in [0, 0.05) is 26.2 Å². The first-order chi connectivity index (χ1) is 13.4. The maximum absolute atomic E-state index is 13.1. The maximum atomic E-state index is 13.1. The molecule has 7 nitrogen and oxygen atoms in total. The predicted octanol–water partition coefficient (Wildman–Crippen LogP) is 1.27. The van der Waals surface area contributed by atoms with Crippen LogP contribution in [-0.2, 0) is 22.6 Å². The fraction of sp³-hybridized carbons (Fsp3) is 0.571. The summed E-state index contributed by atoms with van der Waals surface area (Å²) in [7, 11) is 0. The van der Waals surface area contributed by atoms with Gasteiger partial charge >= 0.3 is 6.03 Å². The highest BCUT2D eigenvalue weighted by Crippen LogP contribution is 2.31. The summed E-state index contributed by atoms with van der Waals surface area (Å²) in [5.74, 6) is -0.0642. The van der Waals surface area contributed by atoms with E-state index >= 15 is 0 Å². The SMILES string of the molecule is C[C@H](C(=O)N1CCC([C@]2(C)NC(=O)NC2=O)CC1)N1CCc2ccccc2C1. The monoisotopic (exact) mass is 384 g/mol. The van der Waals surface area contributed by atoms with Gasteiger partial charge in [0.15, 0.2) is 0 Å². The van der Waals surface area contributed by atoms with Crippen LogP contribution in [0.4, 0.5) is 4.79 Å². The molecule has 3 aliphatic heterocycles. The summed E-state index contributed by atoms with van der Waals surface area (Å²) in [6.45, 7) is 6.72. The number of imide groups is 1. The zero-order valence-corrected chi connectivity index (χ0v) is 16.5. The van der Waals surface area contributed by atoms with Gasteiger partial charge in [-0.05, 0) is 50.2 Å². The van der Waals surface area contributed by atoms with Crippen LogP contribution in [0.1, 0.15) is 37.8 Å². The third-order valence-electron chi connectivity index (χ3n) is 6.76. The molecule has 0 aromatic heterocycles. The Morgan fingerprint density at radius 2 is 1.82 bits per heavy atom. The molecule has 7 heteroatoms. The highest BCUT2D eigenvalue weighted by atomic mass is 16.2. The molecular weight excluding hydrogens is 356 g/mol. The van der Waals surface area contributed by atoms with E-state index in [0.29, 0.717) is 25.9 Å². The summed E-state index contributed by atoms with van der Waals surface area (Å²) in [4.78, 5) is 40.9. The molecule has 2 atom stereocenters. The number of benzene rings is 1. The first-order valence-electron chi connectivity index (χ1n) is 10.1. The lowest BCUT2D eigenvalue weighted by atomic mass is 9.79.